The Balaban J connectivity index is -0.0000000374. The summed E-state index contributed by atoms with van der Waals surface area (Å²) in [5.74, 6) is 0. The molecule has 0 radical (unpaired) electrons. The molecule has 0 aliphatic carbocycles. The van der Waals surface area contributed by atoms with Gasteiger partial charge >= 0.3 is 0 Å². The average molecular weight is 269 g/mol. The highest BCUT2D eigenvalue weighted by Crippen LogP contribution is 2.06. The molecule has 1 aromatic carbocycles. The van der Waals surface area contributed by atoms with Crippen LogP contribution in [0, 0.1) is 10.8 Å². The molecule has 0 saturated carbocycles. The number of nitrogens with one attached hydrogen (secondary N) is 2. The maximum absolute atomic E-state index is 9.68. The molecule has 0 aromatic heterocycles. The molecule has 108 valence electrons. The van der Waals surface area contributed by atoms with E-state index in [0.29, 0.717) is 5.69 Å². The predicted molar refractivity (Wildman–Crippen MR) is 78.0 cm³/mol. The molecular weight excluding hydrogens is 246 g/mol. The lowest BCUT2D eigenvalue weighted by atomic mass is 10.3. The normalized spacial score (nSPS) is 4.63. The van der Waals surface area contributed by atoms with Crippen molar-refractivity contribution in [2.24, 2.45) is 4.99 Å². The van der Waals surface area contributed by atoms with E-state index < -0.39 is 0 Å². The molecule has 0 amide bonds. The highest BCUT2D eigenvalue weighted by atomic mass is 16.1. The molecule has 2 N–H and O–H groups in total. The predicted octanol–water partition coefficient (Wildman–Crippen LogP) is 4.00. The van der Waals surface area contributed by atoms with Gasteiger partial charge in [-0.1, -0.05) is 47.9 Å². The van der Waals surface area contributed by atoms with Crippen LogP contribution in [-0.4, -0.2) is 18.2 Å². The Morgan fingerprint density at radius 3 is 1.37 bits per heavy atom. The highest BCUT2D eigenvalue weighted by Gasteiger charge is 1.79. The molecular formula is C13H23N3O3. The van der Waals surface area contributed by atoms with Gasteiger partial charge in [0, 0.05) is 0 Å². The van der Waals surface area contributed by atoms with E-state index in [2.05, 4.69) is 4.99 Å². The number of nitrogens with zero attached hydrogens (tertiary/aromatic N) is 1. The maximum atomic E-state index is 9.68. The third kappa shape index (κ3) is 39.2. The van der Waals surface area contributed by atoms with Crippen molar-refractivity contribution in [1.82, 2.24) is 0 Å². The molecule has 0 unspecified atom stereocenters. The largest absolute Gasteiger partial charge is 0.240 e. The minimum atomic E-state index is 0. The van der Waals surface area contributed by atoms with Crippen LogP contribution in [0.3, 0.4) is 0 Å². The number of hydrogen-bond acceptors (Lipinski definition) is 6. The Morgan fingerprint density at radius 1 is 0.789 bits per heavy atom. The number of rotatable bonds is 1. The Bertz CT molecular complexity index is 361. The second-order valence-corrected chi connectivity index (χ2v) is 1.74. The second kappa shape index (κ2) is 36.2. The van der Waals surface area contributed by atoms with Crippen molar-refractivity contribution in [3.8, 4) is 0 Å². The van der Waals surface area contributed by atoms with E-state index in [4.69, 9.17) is 20.4 Å². The van der Waals surface area contributed by atoms with Crippen LogP contribution in [0.15, 0.2) is 35.3 Å². The van der Waals surface area contributed by atoms with Crippen molar-refractivity contribution >= 4 is 23.9 Å². The van der Waals surface area contributed by atoms with Crippen LogP contribution >= 0.6 is 0 Å². The molecule has 0 saturated heterocycles. The molecule has 0 atom stereocenters. The van der Waals surface area contributed by atoms with Gasteiger partial charge < -0.3 is 0 Å². The Morgan fingerprint density at radius 2 is 1.11 bits per heavy atom. The van der Waals surface area contributed by atoms with Gasteiger partial charge in [0.15, 0.2) is 0 Å². The van der Waals surface area contributed by atoms with Gasteiger partial charge in [-0.3, -0.25) is 0 Å². The lowest BCUT2D eigenvalue weighted by molar-refractivity contribution is 0.562. The molecule has 1 rings (SSSR count). The molecule has 6 nitrogen and oxygen atoms in total. The van der Waals surface area contributed by atoms with Crippen LogP contribution in [0.2, 0.25) is 0 Å². The van der Waals surface area contributed by atoms with Crippen molar-refractivity contribution in [3.05, 3.63) is 30.3 Å². The van der Waals surface area contributed by atoms with Crippen molar-refractivity contribution < 1.29 is 14.4 Å². The molecule has 0 aliphatic rings. The molecule has 0 spiro atoms. The molecule has 19 heavy (non-hydrogen) atoms. The number of hydrogen-bond donors (Lipinski definition) is 2. The van der Waals surface area contributed by atoms with E-state index in [1.165, 1.54) is 6.08 Å². The zero-order valence-electron chi connectivity index (χ0n) is 7.56. The molecule has 0 bridgehead atoms. The summed E-state index contributed by atoms with van der Waals surface area (Å²) in [4.78, 5) is 29.8. The maximum Gasteiger partial charge on any atom is 0.240 e. The van der Waals surface area contributed by atoms with Crippen molar-refractivity contribution in [3.63, 3.8) is 0 Å². The smallest absolute Gasteiger partial charge is 0.222 e. The summed E-state index contributed by atoms with van der Waals surface area (Å²) in [7, 11) is 0. The van der Waals surface area contributed by atoms with Crippen LogP contribution in [0.1, 0.15) is 29.7 Å². The lowest BCUT2D eigenvalue weighted by Crippen LogP contribution is -1.59. The molecule has 0 fully saturated rings. The van der Waals surface area contributed by atoms with Gasteiger partial charge in [-0.25, -0.2) is 25.2 Å². The van der Waals surface area contributed by atoms with E-state index in [9.17, 15) is 4.79 Å². The first-order valence-electron chi connectivity index (χ1n) is 3.47. The monoisotopic (exact) mass is 269 g/mol. The van der Waals surface area contributed by atoms with Gasteiger partial charge in [-0.2, -0.15) is 4.99 Å². The fourth-order valence-electron chi connectivity index (χ4n) is 0.555. The number of aliphatic imine (C=N–C) groups is 1. The van der Waals surface area contributed by atoms with Crippen LogP contribution < -0.4 is 0 Å². The summed E-state index contributed by atoms with van der Waals surface area (Å²) in [6, 6.07) is 8.98. The minimum absolute atomic E-state index is 0. The number of carbonyl (C=O) groups excluding carboxylic acids is 3. The number of para-hydroxylation sites is 1. The first kappa shape index (κ1) is 36.0. The topological polar surface area (TPSA) is 111 Å². The average Bonchev–Trinajstić information content (AvgIpc) is 2.22. The van der Waals surface area contributed by atoms with E-state index in [-0.39, 0.29) is 29.7 Å². The van der Waals surface area contributed by atoms with E-state index in [0.717, 1.165) is 12.2 Å². The Kier molecular flexibility index (Phi) is 68.4. The zero-order chi connectivity index (χ0) is 11.9. The minimum Gasteiger partial charge on any atom is -0.222 e. The van der Waals surface area contributed by atoms with Gasteiger partial charge in [0.1, 0.15) is 0 Å². The first-order valence-corrected chi connectivity index (χ1v) is 3.47. The fraction of sp³-hybridized carbons (Fsp3) is 0.308. The van der Waals surface area contributed by atoms with Gasteiger partial charge in [0.2, 0.25) is 18.2 Å². The van der Waals surface area contributed by atoms with Gasteiger partial charge in [0.25, 0.3) is 0 Å². The molecule has 0 aliphatic heterocycles. The van der Waals surface area contributed by atoms with Crippen molar-refractivity contribution in [2.75, 3.05) is 0 Å². The number of isocyanates is 3. The summed E-state index contributed by atoms with van der Waals surface area (Å²) < 4.78 is 0. The summed E-state index contributed by atoms with van der Waals surface area (Å²) >= 11 is 0. The molecule has 6 heteroatoms. The fourth-order valence-corrected chi connectivity index (χ4v) is 0.555. The summed E-state index contributed by atoms with van der Waals surface area (Å²) in [5, 5.41) is 10.8. The van der Waals surface area contributed by atoms with Crippen LogP contribution in [0.5, 0.6) is 0 Å². The molecule has 0 heterocycles. The summed E-state index contributed by atoms with van der Waals surface area (Å²) in [6.07, 6.45) is 2.96. The van der Waals surface area contributed by atoms with E-state index >= 15 is 0 Å². The van der Waals surface area contributed by atoms with Crippen molar-refractivity contribution in [1.29, 1.82) is 10.8 Å². The lowest BCUT2D eigenvalue weighted by Gasteiger charge is -1.83. The highest BCUT2D eigenvalue weighted by molar-refractivity contribution is 5.47. The third-order valence-corrected chi connectivity index (χ3v) is 0.931. The van der Waals surface area contributed by atoms with Gasteiger partial charge in [-0.15, -0.1) is 0 Å². The summed E-state index contributed by atoms with van der Waals surface area (Å²) in [6.45, 7) is 0. The SMILES string of the molecule is C.C.C.C.N=C=O.N=C=O.O=C=Nc1ccccc1. The zero-order valence-corrected chi connectivity index (χ0v) is 7.56. The van der Waals surface area contributed by atoms with Crippen LogP contribution in [0.4, 0.5) is 5.69 Å². The van der Waals surface area contributed by atoms with Crippen LogP contribution in [-0.2, 0) is 14.4 Å². The third-order valence-electron chi connectivity index (χ3n) is 0.931. The number of benzene rings is 1. The van der Waals surface area contributed by atoms with E-state index in [1.54, 1.807) is 12.1 Å². The van der Waals surface area contributed by atoms with Gasteiger partial charge in [-0.05, 0) is 12.1 Å². The van der Waals surface area contributed by atoms with E-state index in [1.807, 2.05) is 18.2 Å². The second-order valence-electron chi connectivity index (χ2n) is 1.74. The Labute approximate surface area is 115 Å². The van der Waals surface area contributed by atoms with Gasteiger partial charge in [0.05, 0.1) is 5.69 Å². The quantitative estimate of drug-likeness (QED) is 0.593. The standard InChI is InChI=1S/C7H5NO.2CHNO.4CH4/c9-6-8-7-4-2-1-3-5-7;2*2-1-3;;;;/h1-5H;2*2H;4*1H4. The van der Waals surface area contributed by atoms with Crippen molar-refractivity contribution in [2.45, 2.75) is 29.7 Å². The summed E-state index contributed by atoms with van der Waals surface area (Å²) in [5.41, 5.74) is 0.646. The first-order chi connectivity index (χ1) is 7.26. The van der Waals surface area contributed by atoms with Crippen LogP contribution in [0.25, 0.3) is 0 Å². The molecule has 1 aromatic rings. The Hall–Kier alpha value is -2.64.